The molecule has 0 aliphatic carbocycles. The van der Waals surface area contributed by atoms with E-state index >= 15 is 0 Å². The van der Waals surface area contributed by atoms with Crippen LogP contribution in [-0.4, -0.2) is 5.11 Å². The maximum atomic E-state index is 5.52. The third kappa shape index (κ3) is 4.55. The maximum absolute atomic E-state index is 5.52. The van der Waals surface area contributed by atoms with Crippen molar-refractivity contribution in [1.82, 2.24) is 0 Å². The van der Waals surface area contributed by atoms with Gasteiger partial charge >= 0.3 is 0 Å². The standard InChI is InChI=1S/C20H26N2S/c1-14(2)15-10-6-8-12-17(15)21-19(23)22-18-13-9-7-11-16(18)20(3,4)5/h6-14H,1-5H3,(H2,21,22,23). The minimum Gasteiger partial charge on any atom is -0.332 e. The molecule has 0 radical (unpaired) electrons. The molecule has 0 bridgehead atoms. The quantitative estimate of drug-likeness (QED) is 0.685. The zero-order valence-electron chi connectivity index (χ0n) is 14.6. The lowest BCUT2D eigenvalue weighted by molar-refractivity contribution is 0.592. The Hall–Kier alpha value is -1.87. The van der Waals surface area contributed by atoms with Gasteiger partial charge in [0, 0.05) is 11.4 Å². The highest BCUT2D eigenvalue weighted by Gasteiger charge is 2.18. The molecule has 0 spiro atoms. The van der Waals surface area contributed by atoms with Crippen molar-refractivity contribution in [2.45, 2.75) is 46.0 Å². The fraction of sp³-hybridized carbons (Fsp3) is 0.350. The highest BCUT2D eigenvalue weighted by molar-refractivity contribution is 7.80. The number of nitrogens with one attached hydrogen (secondary N) is 2. The van der Waals surface area contributed by atoms with Gasteiger partial charge in [0.25, 0.3) is 0 Å². The second-order valence-electron chi connectivity index (χ2n) is 7.12. The van der Waals surface area contributed by atoms with Gasteiger partial charge in [-0.1, -0.05) is 71.0 Å². The Labute approximate surface area is 145 Å². The molecular weight excluding hydrogens is 300 g/mol. The average Bonchev–Trinajstić information content (AvgIpc) is 2.47. The number of hydrogen-bond acceptors (Lipinski definition) is 1. The Balaban J connectivity index is 2.19. The van der Waals surface area contributed by atoms with Crippen molar-refractivity contribution in [3.05, 3.63) is 59.7 Å². The van der Waals surface area contributed by atoms with Crippen LogP contribution in [-0.2, 0) is 5.41 Å². The smallest absolute Gasteiger partial charge is 0.175 e. The Morgan fingerprint density at radius 1 is 0.870 bits per heavy atom. The summed E-state index contributed by atoms with van der Waals surface area (Å²) in [5, 5.41) is 7.31. The summed E-state index contributed by atoms with van der Waals surface area (Å²) in [6.45, 7) is 11.0. The molecule has 0 unspecified atom stereocenters. The lowest BCUT2D eigenvalue weighted by atomic mass is 9.86. The number of para-hydroxylation sites is 2. The first-order valence-electron chi connectivity index (χ1n) is 8.05. The molecule has 0 fully saturated rings. The Morgan fingerprint density at radius 2 is 1.39 bits per heavy atom. The van der Waals surface area contributed by atoms with Crippen molar-refractivity contribution in [3.63, 3.8) is 0 Å². The lowest BCUT2D eigenvalue weighted by Crippen LogP contribution is -2.23. The summed E-state index contributed by atoms with van der Waals surface area (Å²) in [5.74, 6) is 0.448. The van der Waals surface area contributed by atoms with Gasteiger partial charge < -0.3 is 10.6 Å². The predicted molar refractivity (Wildman–Crippen MR) is 106 cm³/mol. The molecule has 2 aromatic carbocycles. The van der Waals surface area contributed by atoms with Crippen LogP contribution in [0.5, 0.6) is 0 Å². The number of anilines is 2. The molecule has 0 amide bonds. The van der Waals surface area contributed by atoms with Crippen LogP contribution in [0.25, 0.3) is 0 Å². The van der Waals surface area contributed by atoms with Gasteiger partial charge in [-0.25, -0.2) is 0 Å². The summed E-state index contributed by atoms with van der Waals surface area (Å²) in [7, 11) is 0. The van der Waals surface area contributed by atoms with Crippen LogP contribution >= 0.6 is 12.2 Å². The van der Waals surface area contributed by atoms with Gasteiger partial charge in [-0.15, -0.1) is 0 Å². The van der Waals surface area contributed by atoms with Crippen LogP contribution in [0.2, 0.25) is 0 Å². The van der Waals surface area contributed by atoms with Crippen LogP contribution in [0.4, 0.5) is 11.4 Å². The van der Waals surface area contributed by atoms with Gasteiger partial charge in [0.15, 0.2) is 5.11 Å². The molecular formula is C20H26N2S. The van der Waals surface area contributed by atoms with Crippen molar-refractivity contribution < 1.29 is 0 Å². The summed E-state index contributed by atoms with van der Waals surface area (Å²) in [6, 6.07) is 16.6. The number of benzene rings is 2. The van der Waals surface area contributed by atoms with E-state index < -0.39 is 0 Å². The first kappa shape index (κ1) is 17.5. The largest absolute Gasteiger partial charge is 0.332 e. The first-order valence-corrected chi connectivity index (χ1v) is 8.46. The fourth-order valence-electron chi connectivity index (χ4n) is 2.64. The zero-order valence-corrected chi connectivity index (χ0v) is 15.4. The highest BCUT2D eigenvalue weighted by atomic mass is 32.1. The summed E-state index contributed by atoms with van der Waals surface area (Å²) < 4.78 is 0. The van der Waals surface area contributed by atoms with E-state index in [0.29, 0.717) is 11.0 Å². The SMILES string of the molecule is CC(C)c1ccccc1NC(=S)Nc1ccccc1C(C)(C)C. The lowest BCUT2D eigenvalue weighted by Gasteiger charge is -2.24. The van der Waals surface area contributed by atoms with Crippen molar-refractivity contribution in [2.24, 2.45) is 0 Å². The minimum absolute atomic E-state index is 0.0645. The third-order valence-corrected chi connectivity index (χ3v) is 4.02. The first-order chi connectivity index (χ1) is 10.8. The minimum atomic E-state index is 0.0645. The Kier molecular flexibility index (Phi) is 5.42. The third-order valence-electron chi connectivity index (χ3n) is 3.81. The summed E-state index contributed by atoms with van der Waals surface area (Å²) >= 11 is 5.52. The van der Waals surface area contributed by atoms with Gasteiger partial charge in [-0.3, -0.25) is 0 Å². The van der Waals surface area contributed by atoms with Gasteiger partial charge in [0.2, 0.25) is 0 Å². The normalized spacial score (nSPS) is 11.4. The molecule has 3 heteroatoms. The summed E-state index contributed by atoms with van der Waals surface area (Å²) in [6.07, 6.45) is 0. The van der Waals surface area contributed by atoms with E-state index in [4.69, 9.17) is 12.2 Å². The molecule has 2 aromatic rings. The average molecular weight is 327 g/mol. The Morgan fingerprint density at radius 3 is 2.00 bits per heavy atom. The topological polar surface area (TPSA) is 24.1 Å². The van der Waals surface area contributed by atoms with E-state index in [1.54, 1.807) is 0 Å². The van der Waals surface area contributed by atoms with E-state index in [-0.39, 0.29) is 5.41 Å². The van der Waals surface area contributed by atoms with Crippen molar-refractivity contribution in [3.8, 4) is 0 Å². The molecule has 0 atom stereocenters. The molecule has 0 heterocycles. The second kappa shape index (κ2) is 7.14. The van der Waals surface area contributed by atoms with Gasteiger partial charge in [0.1, 0.15) is 0 Å². The number of rotatable bonds is 3. The highest BCUT2D eigenvalue weighted by Crippen LogP contribution is 2.29. The van der Waals surface area contributed by atoms with Crippen LogP contribution in [0.3, 0.4) is 0 Å². The van der Waals surface area contributed by atoms with Crippen molar-refractivity contribution in [2.75, 3.05) is 10.6 Å². The summed E-state index contributed by atoms with van der Waals surface area (Å²) in [4.78, 5) is 0. The molecule has 0 aromatic heterocycles. The predicted octanol–water partition coefficient (Wildman–Crippen LogP) is 5.92. The molecule has 23 heavy (non-hydrogen) atoms. The second-order valence-corrected chi connectivity index (χ2v) is 7.52. The van der Waals surface area contributed by atoms with Crippen LogP contribution in [0.15, 0.2) is 48.5 Å². The van der Waals surface area contributed by atoms with Crippen LogP contribution in [0, 0.1) is 0 Å². The molecule has 0 saturated heterocycles. The van der Waals surface area contributed by atoms with Crippen molar-refractivity contribution in [1.29, 1.82) is 0 Å². The van der Waals surface area contributed by atoms with Gasteiger partial charge in [-0.2, -0.15) is 0 Å². The number of hydrogen-bond donors (Lipinski definition) is 2. The van der Waals surface area contributed by atoms with E-state index in [0.717, 1.165) is 11.4 Å². The Bertz CT molecular complexity index is 684. The van der Waals surface area contributed by atoms with E-state index in [2.05, 4.69) is 81.7 Å². The van der Waals surface area contributed by atoms with E-state index in [9.17, 15) is 0 Å². The summed E-state index contributed by atoms with van der Waals surface area (Å²) in [5.41, 5.74) is 4.70. The zero-order chi connectivity index (χ0) is 17.0. The van der Waals surface area contributed by atoms with E-state index in [1.807, 2.05) is 12.1 Å². The van der Waals surface area contributed by atoms with Crippen LogP contribution < -0.4 is 10.6 Å². The van der Waals surface area contributed by atoms with E-state index in [1.165, 1.54) is 11.1 Å². The molecule has 0 aliphatic rings. The molecule has 122 valence electrons. The molecule has 0 saturated carbocycles. The molecule has 2 nitrogen and oxygen atoms in total. The number of thiocarbonyl (C=S) groups is 1. The van der Waals surface area contributed by atoms with Gasteiger partial charge in [-0.05, 0) is 46.8 Å². The fourth-order valence-corrected chi connectivity index (χ4v) is 2.86. The molecule has 0 aliphatic heterocycles. The maximum Gasteiger partial charge on any atom is 0.175 e. The molecule has 2 N–H and O–H groups in total. The monoisotopic (exact) mass is 326 g/mol. The van der Waals surface area contributed by atoms with Crippen molar-refractivity contribution >= 4 is 28.7 Å². The van der Waals surface area contributed by atoms with Crippen LogP contribution in [0.1, 0.15) is 51.7 Å². The van der Waals surface area contributed by atoms with Gasteiger partial charge in [0.05, 0.1) is 0 Å². The molecule has 2 rings (SSSR count).